The zero-order chi connectivity index (χ0) is 13.7. The third-order valence-electron chi connectivity index (χ3n) is 2.94. The minimum Gasteiger partial charge on any atom is -0.457 e. The molecule has 2 N–H and O–H groups in total. The number of ether oxygens (including phenoxy) is 1. The van der Waals surface area contributed by atoms with E-state index in [1.165, 1.54) is 5.56 Å². The molecular weight excluding hydrogens is 254 g/mol. The molecule has 2 aromatic carbocycles. The molecule has 0 amide bonds. The van der Waals surface area contributed by atoms with Gasteiger partial charge < -0.3 is 10.5 Å². The Morgan fingerprint density at radius 3 is 2.21 bits per heavy atom. The van der Waals surface area contributed by atoms with Crippen molar-refractivity contribution in [2.75, 3.05) is 0 Å². The zero-order valence-corrected chi connectivity index (χ0v) is 11.7. The Morgan fingerprint density at radius 2 is 1.63 bits per heavy atom. The highest BCUT2D eigenvalue weighted by Crippen LogP contribution is 2.25. The monoisotopic (exact) mass is 271 g/mol. The quantitative estimate of drug-likeness (QED) is 0.825. The molecule has 0 saturated heterocycles. The molecular formula is C16H17NOS. The van der Waals surface area contributed by atoms with Crippen LogP contribution < -0.4 is 10.5 Å². The number of para-hydroxylation sites is 1. The molecule has 2 nitrogen and oxygen atoms in total. The van der Waals surface area contributed by atoms with Gasteiger partial charge >= 0.3 is 0 Å². The van der Waals surface area contributed by atoms with Gasteiger partial charge in [-0.1, -0.05) is 49.5 Å². The lowest BCUT2D eigenvalue weighted by molar-refractivity contribution is 0.482. The summed E-state index contributed by atoms with van der Waals surface area (Å²) in [5, 5.41) is 0. The van der Waals surface area contributed by atoms with Gasteiger partial charge in [0, 0.05) is 6.42 Å². The van der Waals surface area contributed by atoms with Crippen LogP contribution in [0.15, 0.2) is 54.6 Å². The molecule has 1 unspecified atom stereocenters. The van der Waals surface area contributed by atoms with E-state index in [9.17, 15) is 0 Å². The van der Waals surface area contributed by atoms with Crippen molar-refractivity contribution < 1.29 is 4.74 Å². The molecule has 0 saturated carbocycles. The third kappa shape index (κ3) is 4.07. The molecule has 1 atom stereocenters. The Hall–Kier alpha value is -1.87. The summed E-state index contributed by atoms with van der Waals surface area (Å²) in [6.45, 7) is 2.12. The van der Waals surface area contributed by atoms with Crippen molar-refractivity contribution in [2.45, 2.75) is 19.3 Å². The highest BCUT2D eigenvalue weighted by atomic mass is 32.1. The first-order valence-electron chi connectivity index (χ1n) is 6.26. The fourth-order valence-electron chi connectivity index (χ4n) is 1.91. The van der Waals surface area contributed by atoms with E-state index in [2.05, 4.69) is 19.1 Å². The number of rotatable bonds is 5. The summed E-state index contributed by atoms with van der Waals surface area (Å²) in [6.07, 6.45) is 0.730. The van der Waals surface area contributed by atoms with Crippen molar-refractivity contribution in [3.63, 3.8) is 0 Å². The Labute approximate surface area is 119 Å². The SMILES string of the molecule is CC(CC(N)=S)c1ccc(Oc2ccccc2)cc1. The van der Waals surface area contributed by atoms with Crippen molar-refractivity contribution in [2.24, 2.45) is 5.73 Å². The van der Waals surface area contributed by atoms with Gasteiger partial charge in [-0.3, -0.25) is 0 Å². The van der Waals surface area contributed by atoms with E-state index in [0.717, 1.165) is 17.9 Å². The smallest absolute Gasteiger partial charge is 0.127 e. The minimum atomic E-state index is 0.336. The van der Waals surface area contributed by atoms with Crippen LogP contribution in [0.3, 0.4) is 0 Å². The number of nitrogens with two attached hydrogens (primary N) is 1. The van der Waals surface area contributed by atoms with Crippen LogP contribution in [0.25, 0.3) is 0 Å². The van der Waals surface area contributed by atoms with Crippen LogP contribution in [0.2, 0.25) is 0 Å². The molecule has 0 aliphatic rings. The van der Waals surface area contributed by atoms with Gasteiger partial charge in [0.1, 0.15) is 11.5 Å². The van der Waals surface area contributed by atoms with Gasteiger partial charge in [-0.25, -0.2) is 0 Å². The first kappa shape index (κ1) is 13.6. The Kier molecular flexibility index (Phi) is 4.53. The van der Waals surface area contributed by atoms with Gasteiger partial charge in [0.05, 0.1) is 4.99 Å². The lowest BCUT2D eigenvalue weighted by Crippen LogP contribution is -2.11. The summed E-state index contributed by atoms with van der Waals surface area (Å²) in [5.41, 5.74) is 6.79. The zero-order valence-electron chi connectivity index (χ0n) is 10.9. The van der Waals surface area contributed by atoms with E-state index in [4.69, 9.17) is 22.7 Å². The second kappa shape index (κ2) is 6.34. The van der Waals surface area contributed by atoms with E-state index in [-0.39, 0.29) is 0 Å². The summed E-state index contributed by atoms with van der Waals surface area (Å²) in [6, 6.07) is 17.8. The topological polar surface area (TPSA) is 35.2 Å². The average molecular weight is 271 g/mol. The van der Waals surface area contributed by atoms with Crippen LogP contribution in [0.5, 0.6) is 11.5 Å². The molecule has 0 fully saturated rings. The standard InChI is InChI=1S/C16H17NOS/c1-12(11-16(17)19)13-7-9-15(10-8-13)18-14-5-3-2-4-6-14/h2-10,12H,11H2,1H3,(H2,17,19). The van der Waals surface area contributed by atoms with Crippen LogP contribution in [-0.2, 0) is 0 Å². The van der Waals surface area contributed by atoms with Gasteiger partial charge in [-0.05, 0) is 35.7 Å². The number of benzene rings is 2. The fraction of sp³-hybridized carbons (Fsp3) is 0.188. The van der Waals surface area contributed by atoms with E-state index < -0.39 is 0 Å². The van der Waals surface area contributed by atoms with E-state index >= 15 is 0 Å². The van der Waals surface area contributed by atoms with Crippen molar-refractivity contribution in [3.05, 3.63) is 60.2 Å². The molecule has 3 heteroatoms. The van der Waals surface area contributed by atoms with Crippen molar-refractivity contribution in [1.29, 1.82) is 0 Å². The second-order valence-corrected chi connectivity index (χ2v) is 5.08. The highest BCUT2D eigenvalue weighted by Gasteiger charge is 2.07. The van der Waals surface area contributed by atoms with Gasteiger partial charge in [-0.15, -0.1) is 0 Å². The van der Waals surface area contributed by atoms with Crippen LogP contribution in [0.1, 0.15) is 24.8 Å². The molecule has 0 spiro atoms. The second-order valence-electron chi connectivity index (χ2n) is 4.56. The van der Waals surface area contributed by atoms with Crippen LogP contribution in [0, 0.1) is 0 Å². The normalized spacial score (nSPS) is 11.8. The first-order chi connectivity index (χ1) is 9.15. The van der Waals surface area contributed by atoms with Crippen LogP contribution in [0.4, 0.5) is 0 Å². The molecule has 0 bridgehead atoms. The first-order valence-corrected chi connectivity index (χ1v) is 6.67. The summed E-state index contributed by atoms with van der Waals surface area (Å²) in [5.74, 6) is 2.01. The van der Waals surface area contributed by atoms with Crippen molar-refractivity contribution in [1.82, 2.24) is 0 Å². The number of hydrogen-bond acceptors (Lipinski definition) is 2. The van der Waals surface area contributed by atoms with Gasteiger partial charge in [0.2, 0.25) is 0 Å². The summed E-state index contributed by atoms with van der Waals surface area (Å²) >= 11 is 4.94. The van der Waals surface area contributed by atoms with Crippen LogP contribution >= 0.6 is 12.2 Å². The molecule has 98 valence electrons. The highest BCUT2D eigenvalue weighted by molar-refractivity contribution is 7.80. The molecule has 2 rings (SSSR count). The van der Waals surface area contributed by atoms with E-state index in [1.54, 1.807) is 0 Å². The molecule has 0 radical (unpaired) electrons. The summed E-state index contributed by atoms with van der Waals surface area (Å²) < 4.78 is 5.74. The number of hydrogen-bond donors (Lipinski definition) is 1. The lowest BCUT2D eigenvalue weighted by atomic mass is 9.98. The maximum Gasteiger partial charge on any atom is 0.127 e. The Bertz CT molecular complexity index is 536. The third-order valence-corrected chi connectivity index (χ3v) is 3.10. The van der Waals surface area contributed by atoms with Crippen molar-refractivity contribution >= 4 is 17.2 Å². The average Bonchev–Trinajstić information content (AvgIpc) is 2.40. The van der Waals surface area contributed by atoms with E-state index in [1.807, 2.05) is 42.5 Å². The predicted octanol–water partition coefficient (Wildman–Crippen LogP) is 4.26. The maximum absolute atomic E-state index is 5.74. The number of thiocarbonyl (C=S) groups is 1. The summed E-state index contributed by atoms with van der Waals surface area (Å²) in [7, 11) is 0. The Balaban J connectivity index is 2.04. The van der Waals surface area contributed by atoms with Crippen molar-refractivity contribution in [3.8, 4) is 11.5 Å². The molecule has 2 aromatic rings. The molecule has 0 heterocycles. The van der Waals surface area contributed by atoms with E-state index in [0.29, 0.717) is 10.9 Å². The fourth-order valence-corrected chi connectivity index (χ4v) is 2.16. The lowest BCUT2D eigenvalue weighted by Gasteiger charge is -2.12. The Morgan fingerprint density at radius 1 is 1.05 bits per heavy atom. The summed E-state index contributed by atoms with van der Waals surface area (Å²) in [4.78, 5) is 0.553. The largest absolute Gasteiger partial charge is 0.457 e. The molecule has 0 aromatic heterocycles. The predicted molar refractivity (Wildman–Crippen MR) is 82.8 cm³/mol. The molecule has 0 aliphatic carbocycles. The molecule has 0 aliphatic heterocycles. The maximum atomic E-state index is 5.74. The molecule has 19 heavy (non-hydrogen) atoms. The van der Waals surface area contributed by atoms with Gasteiger partial charge in [-0.2, -0.15) is 0 Å². The van der Waals surface area contributed by atoms with Gasteiger partial charge in [0.25, 0.3) is 0 Å². The van der Waals surface area contributed by atoms with Crippen LogP contribution in [-0.4, -0.2) is 4.99 Å². The van der Waals surface area contributed by atoms with Gasteiger partial charge in [0.15, 0.2) is 0 Å². The minimum absolute atomic E-state index is 0.336.